The second kappa shape index (κ2) is 5.97. The van der Waals surface area contributed by atoms with E-state index in [-0.39, 0.29) is 0 Å². The van der Waals surface area contributed by atoms with Gasteiger partial charge in [-0.05, 0) is 32.4 Å². The molecule has 0 radical (unpaired) electrons. The summed E-state index contributed by atoms with van der Waals surface area (Å²) >= 11 is 0. The molecule has 1 heterocycles. The van der Waals surface area contributed by atoms with Crippen LogP contribution in [0, 0.1) is 0 Å². The summed E-state index contributed by atoms with van der Waals surface area (Å²) in [5, 5.41) is 3.34. The largest absolute Gasteiger partial charge is 0.343 e. The average molecular weight is 184 g/mol. The quantitative estimate of drug-likeness (QED) is 0.694. The third kappa shape index (κ3) is 3.77. The highest BCUT2D eigenvalue weighted by molar-refractivity contribution is 5.76. The van der Waals surface area contributed by atoms with E-state index in [0.29, 0.717) is 12.3 Å². The molecule has 1 saturated heterocycles. The fourth-order valence-corrected chi connectivity index (χ4v) is 1.65. The maximum atomic E-state index is 11.6. The molecular formula is C10H20N2O. The zero-order chi connectivity index (χ0) is 9.52. The highest BCUT2D eigenvalue weighted by Gasteiger charge is 2.12. The first kappa shape index (κ1) is 10.5. The van der Waals surface area contributed by atoms with E-state index in [1.807, 2.05) is 4.90 Å². The van der Waals surface area contributed by atoms with Gasteiger partial charge in [-0.15, -0.1) is 0 Å². The van der Waals surface area contributed by atoms with Crippen LogP contribution >= 0.6 is 0 Å². The number of nitrogens with zero attached hydrogens (tertiary/aromatic N) is 1. The van der Waals surface area contributed by atoms with Gasteiger partial charge in [-0.1, -0.05) is 6.92 Å². The SMILES string of the molecule is CCCC(=O)N1CCCNCCC1. The molecule has 0 spiro atoms. The van der Waals surface area contributed by atoms with E-state index in [0.717, 1.165) is 45.4 Å². The molecule has 0 aromatic heterocycles. The van der Waals surface area contributed by atoms with Gasteiger partial charge in [0.2, 0.25) is 5.91 Å². The number of nitrogens with one attached hydrogen (secondary N) is 1. The minimum atomic E-state index is 0.337. The zero-order valence-corrected chi connectivity index (χ0v) is 8.51. The molecule has 0 aliphatic carbocycles. The first-order valence-corrected chi connectivity index (χ1v) is 5.33. The lowest BCUT2D eigenvalue weighted by molar-refractivity contribution is -0.131. The van der Waals surface area contributed by atoms with Crippen LogP contribution < -0.4 is 5.32 Å². The van der Waals surface area contributed by atoms with Crippen molar-refractivity contribution in [3.8, 4) is 0 Å². The standard InChI is InChI=1S/C10H20N2O/c1-2-5-10(13)12-8-3-6-11-7-4-9-12/h11H,2-9H2,1H3. The molecule has 13 heavy (non-hydrogen) atoms. The number of carbonyl (C=O) groups is 1. The van der Waals surface area contributed by atoms with Crippen LogP contribution in [0.15, 0.2) is 0 Å². The van der Waals surface area contributed by atoms with E-state index in [4.69, 9.17) is 0 Å². The smallest absolute Gasteiger partial charge is 0.222 e. The highest BCUT2D eigenvalue weighted by atomic mass is 16.2. The molecule has 1 aliphatic rings. The van der Waals surface area contributed by atoms with Crippen molar-refractivity contribution in [3.05, 3.63) is 0 Å². The fourth-order valence-electron chi connectivity index (χ4n) is 1.65. The lowest BCUT2D eigenvalue weighted by Crippen LogP contribution is -2.37. The van der Waals surface area contributed by atoms with E-state index >= 15 is 0 Å². The minimum absolute atomic E-state index is 0.337. The lowest BCUT2D eigenvalue weighted by atomic mass is 10.2. The van der Waals surface area contributed by atoms with Crippen LogP contribution in [0.2, 0.25) is 0 Å². The number of rotatable bonds is 2. The Bertz CT molecular complexity index is 151. The molecule has 3 heteroatoms. The molecule has 0 aromatic carbocycles. The maximum absolute atomic E-state index is 11.6. The van der Waals surface area contributed by atoms with Gasteiger partial charge in [0, 0.05) is 19.5 Å². The predicted octanol–water partition coefficient (Wildman–Crippen LogP) is 0.998. The average Bonchev–Trinajstić information content (AvgIpc) is 2.03. The summed E-state index contributed by atoms with van der Waals surface area (Å²) in [5.74, 6) is 0.337. The van der Waals surface area contributed by atoms with E-state index in [2.05, 4.69) is 12.2 Å². The fraction of sp³-hybridized carbons (Fsp3) is 0.900. The topological polar surface area (TPSA) is 32.3 Å². The van der Waals surface area contributed by atoms with Gasteiger partial charge in [-0.25, -0.2) is 0 Å². The van der Waals surface area contributed by atoms with Crippen molar-refractivity contribution < 1.29 is 4.79 Å². The summed E-state index contributed by atoms with van der Waals surface area (Å²) in [5.41, 5.74) is 0. The van der Waals surface area contributed by atoms with Crippen molar-refractivity contribution in [2.24, 2.45) is 0 Å². The molecule has 3 nitrogen and oxygen atoms in total. The lowest BCUT2D eigenvalue weighted by Gasteiger charge is -2.25. The van der Waals surface area contributed by atoms with Crippen molar-refractivity contribution >= 4 is 5.91 Å². The van der Waals surface area contributed by atoms with E-state index in [1.54, 1.807) is 0 Å². The van der Waals surface area contributed by atoms with Crippen LogP contribution in [0.1, 0.15) is 32.6 Å². The van der Waals surface area contributed by atoms with Gasteiger partial charge >= 0.3 is 0 Å². The molecular weight excluding hydrogens is 164 g/mol. The third-order valence-corrected chi connectivity index (χ3v) is 2.38. The van der Waals surface area contributed by atoms with Gasteiger partial charge in [0.15, 0.2) is 0 Å². The molecule has 1 amide bonds. The Labute approximate surface area is 80.5 Å². The van der Waals surface area contributed by atoms with Crippen LogP contribution in [0.25, 0.3) is 0 Å². The molecule has 0 atom stereocenters. The Morgan fingerprint density at radius 1 is 1.31 bits per heavy atom. The van der Waals surface area contributed by atoms with Gasteiger partial charge in [0.05, 0.1) is 0 Å². The van der Waals surface area contributed by atoms with Crippen LogP contribution in [-0.4, -0.2) is 37.0 Å². The van der Waals surface area contributed by atoms with Gasteiger partial charge in [0.1, 0.15) is 0 Å². The van der Waals surface area contributed by atoms with Crippen molar-refractivity contribution in [3.63, 3.8) is 0 Å². The van der Waals surface area contributed by atoms with Crippen LogP contribution in [-0.2, 0) is 4.79 Å². The molecule has 0 aromatic rings. The first-order valence-electron chi connectivity index (χ1n) is 5.33. The van der Waals surface area contributed by atoms with Crippen molar-refractivity contribution in [2.45, 2.75) is 32.6 Å². The second-order valence-electron chi connectivity index (χ2n) is 3.59. The van der Waals surface area contributed by atoms with Crippen molar-refractivity contribution in [1.82, 2.24) is 10.2 Å². The molecule has 0 unspecified atom stereocenters. The van der Waals surface area contributed by atoms with E-state index in [9.17, 15) is 4.79 Å². The summed E-state index contributed by atoms with van der Waals surface area (Å²) in [7, 11) is 0. The Hall–Kier alpha value is -0.570. The van der Waals surface area contributed by atoms with Crippen LogP contribution in [0.5, 0.6) is 0 Å². The molecule has 1 fully saturated rings. The number of hydrogen-bond donors (Lipinski definition) is 1. The Kier molecular flexibility index (Phi) is 4.83. The van der Waals surface area contributed by atoms with E-state index in [1.165, 1.54) is 0 Å². The first-order chi connectivity index (χ1) is 6.34. The van der Waals surface area contributed by atoms with Gasteiger partial charge in [-0.3, -0.25) is 4.79 Å². The second-order valence-corrected chi connectivity index (χ2v) is 3.59. The molecule has 0 bridgehead atoms. The Morgan fingerprint density at radius 2 is 1.92 bits per heavy atom. The summed E-state index contributed by atoms with van der Waals surface area (Å²) in [6.07, 6.45) is 3.87. The number of amides is 1. The number of hydrogen-bond acceptors (Lipinski definition) is 2. The van der Waals surface area contributed by atoms with Crippen LogP contribution in [0.4, 0.5) is 0 Å². The molecule has 76 valence electrons. The summed E-state index contributed by atoms with van der Waals surface area (Å²) in [6.45, 7) is 6.03. The molecule has 1 N–H and O–H groups in total. The van der Waals surface area contributed by atoms with Crippen LogP contribution in [0.3, 0.4) is 0 Å². The molecule has 0 saturated carbocycles. The predicted molar refractivity (Wildman–Crippen MR) is 53.6 cm³/mol. The number of carbonyl (C=O) groups excluding carboxylic acids is 1. The Morgan fingerprint density at radius 3 is 2.46 bits per heavy atom. The summed E-state index contributed by atoms with van der Waals surface area (Å²) in [4.78, 5) is 13.6. The molecule has 1 rings (SSSR count). The van der Waals surface area contributed by atoms with E-state index < -0.39 is 0 Å². The van der Waals surface area contributed by atoms with Gasteiger partial charge in [-0.2, -0.15) is 0 Å². The van der Waals surface area contributed by atoms with Gasteiger partial charge in [0.25, 0.3) is 0 Å². The minimum Gasteiger partial charge on any atom is -0.343 e. The summed E-state index contributed by atoms with van der Waals surface area (Å²) in [6, 6.07) is 0. The normalized spacial score (nSPS) is 19.3. The Balaban J connectivity index is 2.32. The third-order valence-electron chi connectivity index (χ3n) is 2.38. The van der Waals surface area contributed by atoms with Gasteiger partial charge < -0.3 is 10.2 Å². The summed E-state index contributed by atoms with van der Waals surface area (Å²) < 4.78 is 0. The van der Waals surface area contributed by atoms with Crippen molar-refractivity contribution in [1.29, 1.82) is 0 Å². The monoisotopic (exact) mass is 184 g/mol. The molecule has 1 aliphatic heterocycles. The zero-order valence-electron chi connectivity index (χ0n) is 8.51. The van der Waals surface area contributed by atoms with Crippen molar-refractivity contribution in [2.75, 3.05) is 26.2 Å². The highest BCUT2D eigenvalue weighted by Crippen LogP contribution is 2.02. The maximum Gasteiger partial charge on any atom is 0.222 e.